The van der Waals surface area contributed by atoms with Crippen LogP contribution in [-0.4, -0.2) is 36.4 Å². The van der Waals surface area contributed by atoms with Crippen molar-refractivity contribution in [2.45, 2.75) is 45.9 Å². The molecular formula is C28H34N2O4Si. The zero-order chi connectivity index (χ0) is 25.0. The summed E-state index contributed by atoms with van der Waals surface area (Å²) in [5.74, 6) is 2.00. The van der Waals surface area contributed by atoms with Gasteiger partial charge >= 0.3 is 0 Å². The first-order chi connectivity index (χ1) is 16.8. The van der Waals surface area contributed by atoms with Gasteiger partial charge in [0.15, 0.2) is 0 Å². The number of pyridine rings is 1. The number of aliphatic hydroxyl groups excluding tert-OH is 1. The van der Waals surface area contributed by atoms with Crippen LogP contribution in [0.2, 0.25) is 25.7 Å². The van der Waals surface area contributed by atoms with E-state index in [4.69, 9.17) is 14.2 Å². The van der Waals surface area contributed by atoms with E-state index in [1.54, 1.807) is 7.11 Å². The molecule has 0 aliphatic carbocycles. The third-order valence-electron chi connectivity index (χ3n) is 6.02. The summed E-state index contributed by atoms with van der Waals surface area (Å²) in [7, 11) is 0.398. The lowest BCUT2D eigenvalue weighted by Gasteiger charge is -2.18. The number of benzene rings is 2. The second-order valence-electron chi connectivity index (χ2n) is 9.82. The van der Waals surface area contributed by atoms with E-state index in [1.807, 2.05) is 54.6 Å². The highest BCUT2D eigenvalue weighted by Gasteiger charge is 2.23. The van der Waals surface area contributed by atoms with Crippen molar-refractivity contribution < 1.29 is 19.3 Å². The van der Waals surface area contributed by atoms with Crippen LogP contribution < -0.4 is 9.47 Å². The second kappa shape index (κ2) is 10.6. The van der Waals surface area contributed by atoms with E-state index < -0.39 is 8.07 Å². The minimum atomic E-state index is -1.21. The molecule has 0 fully saturated rings. The van der Waals surface area contributed by atoms with Crippen LogP contribution in [0.3, 0.4) is 0 Å². The Balaban J connectivity index is 1.87. The van der Waals surface area contributed by atoms with Crippen molar-refractivity contribution in [3.05, 3.63) is 72.1 Å². The highest BCUT2D eigenvalue weighted by Crippen LogP contribution is 2.42. The molecule has 1 N–H and O–H groups in total. The fraction of sp³-hybridized carbons (Fsp3) is 0.321. The normalized spacial score (nSPS) is 11.7. The Morgan fingerprint density at radius 1 is 1.00 bits per heavy atom. The Kier molecular flexibility index (Phi) is 7.59. The fourth-order valence-electron chi connectivity index (χ4n) is 4.14. The lowest BCUT2D eigenvalue weighted by molar-refractivity contribution is 0.0875. The standard InChI is InChI=1S/C28H34N2O4Si/c1-20-26-24(17-21(18-31)29-28(26)32-2)27(30(20)19-33-15-16-35(3,4)5)23-13-9-10-14-25(23)34-22-11-7-6-8-12-22/h6-14,17,31H,15-16,18-19H2,1-5H3. The zero-order valence-corrected chi connectivity index (χ0v) is 22.2. The number of nitrogens with zero attached hydrogens (tertiary/aromatic N) is 2. The topological polar surface area (TPSA) is 65.7 Å². The lowest BCUT2D eigenvalue weighted by atomic mass is 10.1. The van der Waals surface area contributed by atoms with Crippen molar-refractivity contribution in [2.24, 2.45) is 0 Å². The predicted molar refractivity (Wildman–Crippen MR) is 143 cm³/mol. The average molecular weight is 491 g/mol. The van der Waals surface area contributed by atoms with Crippen molar-refractivity contribution in [3.8, 4) is 28.6 Å². The van der Waals surface area contributed by atoms with Gasteiger partial charge in [-0.2, -0.15) is 0 Å². The van der Waals surface area contributed by atoms with Crippen molar-refractivity contribution in [1.82, 2.24) is 9.55 Å². The predicted octanol–water partition coefficient (Wildman–Crippen LogP) is 6.62. The van der Waals surface area contributed by atoms with Gasteiger partial charge in [0.1, 0.15) is 18.2 Å². The van der Waals surface area contributed by atoms with Crippen molar-refractivity contribution in [3.63, 3.8) is 0 Å². The molecule has 0 aliphatic heterocycles. The van der Waals surface area contributed by atoms with E-state index in [9.17, 15) is 5.11 Å². The smallest absolute Gasteiger partial charge is 0.223 e. The summed E-state index contributed by atoms with van der Waals surface area (Å²) < 4.78 is 20.3. The Bertz CT molecular complexity index is 1300. The van der Waals surface area contributed by atoms with Gasteiger partial charge in [0.2, 0.25) is 5.88 Å². The minimum absolute atomic E-state index is 0.176. The van der Waals surface area contributed by atoms with Gasteiger partial charge in [0.05, 0.1) is 30.5 Å². The maximum atomic E-state index is 9.88. The van der Waals surface area contributed by atoms with Gasteiger partial charge in [0.25, 0.3) is 0 Å². The van der Waals surface area contributed by atoms with E-state index in [0.29, 0.717) is 24.9 Å². The van der Waals surface area contributed by atoms with Gasteiger partial charge < -0.3 is 23.9 Å². The number of aryl methyl sites for hydroxylation is 1. The molecule has 0 amide bonds. The van der Waals surface area contributed by atoms with E-state index in [1.165, 1.54) is 0 Å². The fourth-order valence-corrected chi connectivity index (χ4v) is 4.90. The van der Waals surface area contributed by atoms with E-state index >= 15 is 0 Å². The summed E-state index contributed by atoms with van der Waals surface area (Å²) in [5, 5.41) is 11.7. The molecule has 0 bridgehead atoms. The number of aliphatic hydroxyl groups is 1. The number of rotatable bonds is 10. The van der Waals surface area contributed by atoms with Crippen molar-refractivity contribution in [2.75, 3.05) is 13.7 Å². The lowest BCUT2D eigenvalue weighted by Crippen LogP contribution is -2.22. The molecular weight excluding hydrogens is 456 g/mol. The molecule has 4 aromatic rings. The molecule has 6 nitrogen and oxygen atoms in total. The number of hydrogen-bond acceptors (Lipinski definition) is 5. The SMILES string of the molecule is COc1nc(CO)cc2c(-c3ccccc3Oc3ccccc3)n(COCC[Si](C)(C)C)c(C)c12. The first-order valence-corrected chi connectivity index (χ1v) is 15.6. The molecule has 7 heteroatoms. The number of methoxy groups -OCH3 is 1. The van der Waals surface area contributed by atoms with Gasteiger partial charge in [-0.15, -0.1) is 0 Å². The molecule has 0 radical (unpaired) electrons. The average Bonchev–Trinajstić information content (AvgIpc) is 3.13. The van der Waals surface area contributed by atoms with Gasteiger partial charge in [-0.05, 0) is 43.3 Å². The van der Waals surface area contributed by atoms with E-state index in [2.05, 4.69) is 42.2 Å². The number of fused-ring (bicyclic) bond motifs is 1. The summed E-state index contributed by atoms with van der Waals surface area (Å²) in [5.41, 5.74) is 3.42. The third-order valence-corrected chi connectivity index (χ3v) is 7.72. The van der Waals surface area contributed by atoms with Crippen LogP contribution in [0.4, 0.5) is 0 Å². The van der Waals surface area contributed by atoms with Crippen LogP contribution in [-0.2, 0) is 18.1 Å². The number of aromatic nitrogens is 2. The molecule has 184 valence electrons. The molecule has 0 saturated heterocycles. The summed E-state index contributed by atoms with van der Waals surface area (Å²) in [4.78, 5) is 4.51. The Hall–Kier alpha value is -3.13. The van der Waals surface area contributed by atoms with E-state index in [0.717, 1.165) is 45.3 Å². The molecule has 0 saturated carbocycles. The molecule has 0 atom stereocenters. The van der Waals surface area contributed by atoms with Crippen molar-refractivity contribution in [1.29, 1.82) is 0 Å². The van der Waals surface area contributed by atoms with Gasteiger partial charge in [-0.25, -0.2) is 4.98 Å². The Morgan fingerprint density at radius 2 is 1.71 bits per heavy atom. The third kappa shape index (κ3) is 5.58. The van der Waals surface area contributed by atoms with Crippen molar-refractivity contribution >= 4 is 18.8 Å². The molecule has 2 aromatic carbocycles. The quantitative estimate of drug-likeness (QED) is 0.200. The summed E-state index contributed by atoms with van der Waals surface area (Å²) >= 11 is 0. The summed E-state index contributed by atoms with van der Waals surface area (Å²) in [6.07, 6.45) is 0. The molecule has 4 rings (SSSR count). The van der Waals surface area contributed by atoms with Crippen LogP contribution in [0.1, 0.15) is 11.4 Å². The molecule has 2 aromatic heterocycles. The van der Waals surface area contributed by atoms with Gasteiger partial charge in [0, 0.05) is 31.3 Å². The highest BCUT2D eigenvalue weighted by atomic mass is 28.3. The minimum Gasteiger partial charge on any atom is -0.480 e. The first kappa shape index (κ1) is 25.0. The maximum absolute atomic E-state index is 9.88. The molecule has 0 aliphatic rings. The summed E-state index contributed by atoms with van der Waals surface area (Å²) in [6, 6.07) is 20.8. The monoisotopic (exact) mass is 490 g/mol. The number of ether oxygens (including phenoxy) is 3. The Labute approximate surface area is 208 Å². The van der Waals surface area contributed by atoms with Gasteiger partial charge in [-0.3, -0.25) is 0 Å². The zero-order valence-electron chi connectivity index (χ0n) is 21.2. The number of para-hydroxylation sites is 2. The van der Waals surface area contributed by atoms with Gasteiger partial charge in [-0.1, -0.05) is 50.0 Å². The first-order valence-electron chi connectivity index (χ1n) is 11.9. The van der Waals surface area contributed by atoms with Crippen LogP contribution in [0.25, 0.3) is 22.0 Å². The molecule has 35 heavy (non-hydrogen) atoms. The van der Waals surface area contributed by atoms with Crippen LogP contribution in [0.5, 0.6) is 17.4 Å². The van der Waals surface area contributed by atoms with Crippen LogP contribution >= 0.6 is 0 Å². The largest absolute Gasteiger partial charge is 0.480 e. The summed E-state index contributed by atoms with van der Waals surface area (Å²) in [6.45, 7) is 10.0. The molecule has 2 heterocycles. The van der Waals surface area contributed by atoms with Crippen LogP contribution in [0.15, 0.2) is 60.7 Å². The molecule has 0 unspecified atom stereocenters. The van der Waals surface area contributed by atoms with Crippen LogP contribution in [0, 0.1) is 6.92 Å². The highest BCUT2D eigenvalue weighted by molar-refractivity contribution is 6.76. The molecule has 0 spiro atoms. The second-order valence-corrected chi connectivity index (χ2v) is 15.4. The number of hydrogen-bond donors (Lipinski definition) is 1. The Morgan fingerprint density at radius 3 is 2.40 bits per heavy atom. The maximum Gasteiger partial charge on any atom is 0.223 e. The van der Waals surface area contributed by atoms with E-state index in [-0.39, 0.29) is 6.61 Å².